The Morgan fingerprint density at radius 1 is 1.21 bits per heavy atom. The molecule has 0 aliphatic carbocycles. The lowest BCUT2D eigenvalue weighted by atomic mass is 9.98. The Morgan fingerprint density at radius 2 is 1.79 bits per heavy atom. The van der Waals surface area contributed by atoms with E-state index in [9.17, 15) is 4.79 Å². The second kappa shape index (κ2) is 8.30. The van der Waals surface area contributed by atoms with Crippen molar-refractivity contribution in [3.63, 3.8) is 0 Å². The molecule has 0 spiro atoms. The van der Waals surface area contributed by atoms with E-state index in [-0.39, 0.29) is 5.97 Å². The summed E-state index contributed by atoms with van der Waals surface area (Å²) in [7, 11) is 0. The molecular weight excluding hydrogens is 176 g/mol. The number of rotatable bonds is 8. The molecule has 0 rings (SSSR count). The molecule has 0 aliphatic heterocycles. The summed E-state index contributed by atoms with van der Waals surface area (Å²) >= 11 is 0. The third kappa shape index (κ3) is 6.23. The summed E-state index contributed by atoms with van der Waals surface area (Å²) < 4.78 is 4.89. The summed E-state index contributed by atoms with van der Waals surface area (Å²) in [6.07, 6.45) is 7.63. The number of hydrogen-bond acceptors (Lipinski definition) is 2. The van der Waals surface area contributed by atoms with Gasteiger partial charge in [0.1, 0.15) is 0 Å². The van der Waals surface area contributed by atoms with E-state index in [0.717, 1.165) is 19.3 Å². The molecule has 0 heterocycles. The van der Waals surface area contributed by atoms with Crippen LogP contribution in [0.4, 0.5) is 0 Å². The molecule has 2 heteroatoms. The van der Waals surface area contributed by atoms with Crippen LogP contribution in [-0.4, -0.2) is 12.6 Å². The second-order valence-corrected chi connectivity index (χ2v) is 3.08. The van der Waals surface area contributed by atoms with E-state index in [1.165, 1.54) is 6.08 Å². The third-order valence-electron chi connectivity index (χ3n) is 1.94. The van der Waals surface area contributed by atoms with Crippen molar-refractivity contribution in [2.75, 3.05) is 6.61 Å². The molecule has 0 unspecified atom stereocenters. The Labute approximate surface area is 86.0 Å². The molecule has 0 bridgehead atoms. The first-order valence-electron chi connectivity index (χ1n) is 4.75. The lowest BCUT2D eigenvalue weighted by Gasteiger charge is -2.11. The number of allylic oxidation sites excluding steroid dienone is 2. The predicted molar refractivity (Wildman–Crippen MR) is 58.9 cm³/mol. The van der Waals surface area contributed by atoms with Crippen LogP contribution in [0.3, 0.4) is 0 Å². The third-order valence-corrected chi connectivity index (χ3v) is 1.94. The summed E-state index contributed by atoms with van der Waals surface area (Å²) in [4.78, 5) is 10.7. The zero-order valence-electron chi connectivity index (χ0n) is 8.58. The lowest BCUT2D eigenvalue weighted by Crippen LogP contribution is -2.07. The van der Waals surface area contributed by atoms with Crippen LogP contribution in [0.1, 0.15) is 19.3 Å². The maximum absolute atomic E-state index is 10.7. The fourth-order valence-electron chi connectivity index (χ4n) is 1.19. The zero-order valence-corrected chi connectivity index (χ0v) is 8.58. The van der Waals surface area contributed by atoms with E-state index in [4.69, 9.17) is 4.74 Å². The van der Waals surface area contributed by atoms with Crippen molar-refractivity contribution >= 4 is 5.97 Å². The van der Waals surface area contributed by atoms with Gasteiger partial charge in [-0.3, -0.25) is 0 Å². The Kier molecular flexibility index (Phi) is 7.52. The smallest absolute Gasteiger partial charge is 0.330 e. The summed E-state index contributed by atoms with van der Waals surface area (Å²) in [5.74, 6) is 0.114. The van der Waals surface area contributed by atoms with E-state index in [0.29, 0.717) is 12.5 Å². The number of carbonyl (C=O) groups is 1. The fraction of sp³-hybridized carbons (Fsp3) is 0.417. The Bertz CT molecular complexity index is 196. The molecule has 2 nitrogen and oxygen atoms in total. The molecule has 14 heavy (non-hydrogen) atoms. The molecule has 0 atom stereocenters. The molecule has 0 N–H and O–H groups in total. The standard InChI is InChI=1S/C12H18O2/c1-4-7-11(8-5-2)9-10-14-12(13)6-3/h4-6,11H,1-3,7-10H2. The average molecular weight is 194 g/mol. The van der Waals surface area contributed by atoms with Gasteiger partial charge in [0, 0.05) is 6.08 Å². The topological polar surface area (TPSA) is 26.3 Å². The van der Waals surface area contributed by atoms with Crippen molar-refractivity contribution in [3.05, 3.63) is 38.0 Å². The summed E-state index contributed by atoms with van der Waals surface area (Å²) in [6, 6.07) is 0. The lowest BCUT2D eigenvalue weighted by molar-refractivity contribution is -0.138. The summed E-state index contributed by atoms with van der Waals surface area (Å²) in [5, 5.41) is 0. The monoisotopic (exact) mass is 194 g/mol. The van der Waals surface area contributed by atoms with Crippen LogP contribution in [0.15, 0.2) is 38.0 Å². The average Bonchev–Trinajstić information content (AvgIpc) is 2.18. The van der Waals surface area contributed by atoms with Crippen LogP contribution in [0, 0.1) is 5.92 Å². The molecule has 0 aromatic carbocycles. The Balaban J connectivity index is 3.69. The number of ether oxygens (including phenoxy) is 1. The molecular formula is C12H18O2. The van der Waals surface area contributed by atoms with Crippen molar-refractivity contribution < 1.29 is 9.53 Å². The second-order valence-electron chi connectivity index (χ2n) is 3.08. The highest BCUT2D eigenvalue weighted by Crippen LogP contribution is 2.14. The van der Waals surface area contributed by atoms with E-state index in [1.54, 1.807) is 0 Å². The van der Waals surface area contributed by atoms with Crippen molar-refractivity contribution in [3.8, 4) is 0 Å². The molecule has 0 radical (unpaired) electrons. The Hall–Kier alpha value is -1.31. The molecule has 0 saturated carbocycles. The maximum Gasteiger partial charge on any atom is 0.330 e. The van der Waals surface area contributed by atoms with Crippen LogP contribution in [-0.2, 0) is 9.53 Å². The van der Waals surface area contributed by atoms with E-state index >= 15 is 0 Å². The highest BCUT2D eigenvalue weighted by molar-refractivity contribution is 5.81. The van der Waals surface area contributed by atoms with E-state index in [2.05, 4.69) is 19.7 Å². The molecule has 0 aliphatic rings. The van der Waals surface area contributed by atoms with Gasteiger partial charge in [-0.1, -0.05) is 18.7 Å². The first kappa shape index (κ1) is 12.7. The minimum absolute atomic E-state index is 0.360. The minimum atomic E-state index is -0.360. The number of carbonyl (C=O) groups excluding carboxylic acids is 1. The van der Waals surface area contributed by atoms with Gasteiger partial charge < -0.3 is 4.74 Å². The molecule has 0 fully saturated rings. The van der Waals surface area contributed by atoms with Crippen molar-refractivity contribution in [2.45, 2.75) is 19.3 Å². The molecule has 78 valence electrons. The predicted octanol–water partition coefficient (Wildman–Crippen LogP) is 2.87. The quantitative estimate of drug-likeness (QED) is 0.337. The van der Waals surface area contributed by atoms with Crippen molar-refractivity contribution in [1.29, 1.82) is 0 Å². The highest BCUT2D eigenvalue weighted by Gasteiger charge is 2.05. The SMILES string of the molecule is C=CCC(CC=C)CCOC(=O)C=C. The van der Waals surface area contributed by atoms with Gasteiger partial charge in [0.25, 0.3) is 0 Å². The van der Waals surface area contributed by atoms with Crippen molar-refractivity contribution in [2.24, 2.45) is 5.92 Å². The molecule has 0 aromatic heterocycles. The van der Waals surface area contributed by atoms with Crippen LogP contribution in [0.2, 0.25) is 0 Å². The van der Waals surface area contributed by atoms with Gasteiger partial charge in [0.2, 0.25) is 0 Å². The largest absolute Gasteiger partial charge is 0.463 e. The number of hydrogen-bond donors (Lipinski definition) is 0. The van der Waals surface area contributed by atoms with Crippen LogP contribution < -0.4 is 0 Å². The summed E-state index contributed by atoms with van der Waals surface area (Å²) in [5.41, 5.74) is 0. The van der Waals surface area contributed by atoms with E-state index in [1.807, 2.05) is 12.2 Å². The van der Waals surface area contributed by atoms with Crippen LogP contribution in [0.25, 0.3) is 0 Å². The first-order valence-corrected chi connectivity index (χ1v) is 4.75. The first-order chi connectivity index (χ1) is 6.74. The maximum atomic E-state index is 10.7. The molecule has 0 saturated heterocycles. The summed E-state index contributed by atoms with van der Waals surface area (Å²) in [6.45, 7) is 11.1. The van der Waals surface area contributed by atoms with Gasteiger partial charge in [-0.25, -0.2) is 4.79 Å². The zero-order chi connectivity index (χ0) is 10.8. The number of esters is 1. The van der Waals surface area contributed by atoms with Gasteiger partial charge in [0.05, 0.1) is 6.61 Å². The van der Waals surface area contributed by atoms with E-state index < -0.39 is 0 Å². The van der Waals surface area contributed by atoms with Gasteiger partial charge in [-0.05, 0) is 25.2 Å². The van der Waals surface area contributed by atoms with Gasteiger partial charge in [-0.2, -0.15) is 0 Å². The van der Waals surface area contributed by atoms with Crippen molar-refractivity contribution in [1.82, 2.24) is 0 Å². The minimum Gasteiger partial charge on any atom is -0.463 e. The van der Waals surface area contributed by atoms with Gasteiger partial charge >= 0.3 is 5.97 Å². The highest BCUT2D eigenvalue weighted by atomic mass is 16.5. The fourth-order valence-corrected chi connectivity index (χ4v) is 1.19. The van der Waals surface area contributed by atoms with Gasteiger partial charge in [0.15, 0.2) is 0 Å². The van der Waals surface area contributed by atoms with Gasteiger partial charge in [-0.15, -0.1) is 13.2 Å². The molecule has 0 aromatic rings. The normalized spacial score (nSPS) is 9.50. The van der Waals surface area contributed by atoms with Crippen LogP contribution >= 0.6 is 0 Å². The molecule has 0 amide bonds. The Morgan fingerprint density at radius 3 is 2.21 bits per heavy atom. The van der Waals surface area contributed by atoms with Crippen LogP contribution in [0.5, 0.6) is 0 Å².